The largest absolute Gasteiger partial charge is 0.465 e. The number of carbonyl (C=O) groups excluding carboxylic acids is 2. The van der Waals surface area contributed by atoms with Crippen molar-refractivity contribution in [3.63, 3.8) is 0 Å². The van der Waals surface area contributed by atoms with Gasteiger partial charge in [0.2, 0.25) is 0 Å². The molecule has 0 aromatic rings. The van der Waals surface area contributed by atoms with E-state index in [1.165, 1.54) is 63.1 Å². The van der Waals surface area contributed by atoms with Gasteiger partial charge in [0.1, 0.15) is 0 Å². The summed E-state index contributed by atoms with van der Waals surface area (Å²) < 4.78 is 9.92. The summed E-state index contributed by atoms with van der Waals surface area (Å²) in [5, 5.41) is -0.830. The summed E-state index contributed by atoms with van der Waals surface area (Å²) >= 11 is 1.35. The number of unbranched alkanes of at least 4 members (excludes halogenated alkanes) is 9. The normalized spacial score (nSPS) is 10.8. The highest BCUT2D eigenvalue weighted by Gasteiger charge is 2.29. The summed E-state index contributed by atoms with van der Waals surface area (Å²) in [6, 6.07) is 0. The molecule has 0 amide bonds. The Kier molecular flexibility index (Phi) is 16.6. The van der Waals surface area contributed by atoms with Gasteiger partial charge in [0.25, 0.3) is 0 Å². The molecule has 24 heavy (non-hydrogen) atoms. The zero-order valence-corrected chi connectivity index (χ0v) is 16.6. The van der Waals surface area contributed by atoms with E-state index in [1.807, 2.05) is 0 Å². The number of hydrogen-bond acceptors (Lipinski definition) is 5. The number of rotatable bonds is 16. The molecule has 0 aliphatic carbocycles. The van der Waals surface area contributed by atoms with Crippen LogP contribution < -0.4 is 0 Å². The van der Waals surface area contributed by atoms with E-state index in [2.05, 4.69) is 6.92 Å². The second kappa shape index (κ2) is 17.1. The van der Waals surface area contributed by atoms with Crippen LogP contribution in [0.4, 0.5) is 0 Å². The van der Waals surface area contributed by atoms with Crippen LogP contribution in [0.5, 0.6) is 0 Å². The van der Waals surface area contributed by atoms with Gasteiger partial charge in [-0.05, 0) is 26.0 Å². The molecule has 0 aromatic carbocycles. The van der Waals surface area contributed by atoms with Crippen LogP contribution in [0.1, 0.15) is 85.0 Å². The Labute approximate surface area is 152 Å². The lowest BCUT2D eigenvalue weighted by Crippen LogP contribution is -2.31. The molecule has 5 heteroatoms. The molecule has 0 aliphatic heterocycles. The highest BCUT2D eigenvalue weighted by molar-refractivity contribution is 8.01. The first-order chi connectivity index (χ1) is 11.7. The third-order valence-electron chi connectivity index (χ3n) is 3.78. The Hall–Kier alpha value is -0.710. The molecule has 0 N–H and O–H groups in total. The molecular weight excluding hydrogens is 324 g/mol. The summed E-state index contributed by atoms with van der Waals surface area (Å²) in [6.07, 6.45) is 12.8. The first-order valence-electron chi connectivity index (χ1n) is 9.62. The molecule has 0 unspecified atom stereocenters. The number of esters is 2. The van der Waals surface area contributed by atoms with Crippen LogP contribution in [0.25, 0.3) is 0 Å². The highest BCUT2D eigenvalue weighted by Crippen LogP contribution is 2.18. The van der Waals surface area contributed by atoms with Crippen molar-refractivity contribution in [2.24, 2.45) is 0 Å². The molecule has 0 rings (SSSR count). The first kappa shape index (κ1) is 23.3. The van der Waals surface area contributed by atoms with Crippen LogP contribution in [0.2, 0.25) is 0 Å². The van der Waals surface area contributed by atoms with Crippen molar-refractivity contribution >= 4 is 23.7 Å². The number of hydrogen-bond donors (Lipinski definition) is 0. The van der Waals surface area contributed by atoms with Crippen molar-refractivity contribution in [2.75, 3.05) is 19.0 Å². The second-order valence-electron chi connectivity index (χ2n) is 5.94. The van der Waals surface area contributed by atoms with Gasteiger partial charge in [-0.15, -0.1) is 11.8 Å². The van der Waals surface area contributed by atoms with Gasteiger partial charge in [0.15, 0.2) is 5.25 Å². The van der Waals surface area contributed by atoms with Gasteiger partial charge in [-0.3, -0.25) is 9.59 Å². The maximum absolute atomic E-state index is 11.8. The maximum Gasteiger partial charge on any atom is 0.330 e. The smallest absolute Gasteiger partial charge is 0.330 e. The summed E-state index contributed by atoms with van der Waals surface area (Å²) in [6.45, 7) is 6.30. The molecule has 0 fully saturated rings. The minimum absolute atomic E-state index is 0.285. The molecule has 0 spiro atoms. The molecule has 0 bridgehead atoms. The fraction of sp³-hybridized carbons (Fsp3) is 0.895. The summed E-state index contributed by atoms with van der Waals surface area (Å²) in [5.74, 6) is -0.167. The minimum atomic E-state index is -0.830. The van der Waals surface area contributed by atoms with Gasteiger partial charge < -0.3 is 9.47 Å². The third-order valence-corrected chi connectivity index (χ3v) is 5.03. The van der Waals surface area contributed by atoms with E-state index in [-0.39, 0.29) is 13.2 Å². The zero-order chi connectivity index (χ0) is 18.0. The standard InChI is InChI=1S/C19H36O4S/c1-4-7-8-9-10-11-12-13-14-15-16-24-17(18(20)22-5-2)19(21)23-6-3/h17H,4-16H2,1-3H3. The highest BCUT2D eigenvalue weighted by atomic mass is 32.2. The number of ether oxygens (including phenoxy) is 2. The minimum Gasteiger partial charge on any atom is -0.465 e. The van der Waals surface area contributed by atoms with Crippen molar-refractivity contribution in [2.45, 2.75) is 90.2 Å². The van der Waals surface area contributed by atoms with E-state index in [9.17, 15) is 9.59 Å². The van der Waals surface area contributed by atoms with Gasteiger partial charge in [-0.1, -0.05) is 64.7 Å². The van der Waals surface area contributed by atoms with Crippen LogP contribution in [0.15, 0.2) is 0 Å². The summed E-state index contributed by atoms with van der Waals surface area (Å²) in [4.78, 5) is 23.7. The Morgan fingerprint density at radius 2 is 1.12 bits per heavy atom. The molecule has 0 saturated heterocycles. The molecule has 142 valence electrons. The van der Waals surface area contributed by atoms with Crippen molar-refractivity contribution in [3.05, 3.63) is 0 Å². The summed E-state index contributed by atoms with van der Waals surface area (Å²) in [5.41, 5.74) is 0. The third kappa shape index (κ3) is 12.7. The van der Waals surface area contributed by atoms with Gasteiger partial charge in [0, 0.05) is 0 Å². The van der Waals surface area contributed by atoms with Crippen molar-refractivity contribution in [3.8, 4) is 0 Å². The monoisotopic (exact) mass is 360 g/mol. The van der Waals surface area contributed by atoms with Gasteiger partial charge in [-0.25, -0.2) is 0 Å². The van der Waals surface area contributed by atoms with Crippen molar-refractivity contribution < 1.29 is 19.1 Å². The predicted molar refractivity (Wildman–Crippen MR) is 101 cm³/mol. The lowest BCUT2D eigenvalue weighted by atomic mass is 10.1. The Morgan fingerprint density at radius 3 is 1.54 bits per heavy atom. The van der Waals surface area contributed by atoms with Crippen molar-refractivity contribution in [1.29, 1.82) is 0 Å². The van der Waals surface area contributed by atoms with Crippen molar-refractivity contribution in [1.82, 2.24) is 0 Å². The van der Waals surface area contributed by atoms with Crippen LogP contribution >= 0.6 is 11.8 Å². The van der Waals surface area contributed by atoms with E-state index >= 15 is 0 Å². The molecular formula is C19H36O4S. The van der Waals surface area contributed by atoms with E-state index in [1.54, 1.807) is 13.8 Å². The fourth-order valence-corrected chi connectivity index (χ4v) is 3.47. The number of thioether (sulfide) groups is 1. The SMILES string of the molecule is CCCCCCCCCCCCSC(C(=O)OCC)C(=O)OCC. The Morgan fingerprint density at radius 1 is 0.708 bits per heavy atom. The molecule has 0 radical (unpaired) electrons. The molecule has 0 atom stereocenters. The second-order valence-corrected chi connectivity index (χ2v) is 7.15. The first-order valence-corrected chi connectivity index (χ1v) is 10.7. The average molecular weight is 361 g/mol. The molecule has 4 nitrogen and oxygen atoms in total. The van der Waals surface area contributed by atoms with E-state index in [0.717, 1.165) is 18.6 Å². The van der Waals surface area contributed by atoms with Crippen LogP contribution in [-0.2, 0) is 19.1 Å². The molecule has 0 saturated carbocycles. The Bertz CT molecular complexity index is 302. The number of carbonyl (C=O) groups is 2. The van der Waals surface area contributed by atoms with E-state index in [0.29, 0.717) is 0 Å². The topological polar surface area (TPSA) is 52.6 Å². The average Bonchev–Trinajstić information content (AvgIpc) is 2.56. The molecule has 0 aromatic heterocycles. The lowest BCUT2D eigenvalue weighted by molar-refractivity contribution is -0.152. The fourth-order valence-electron chi connectivity index (χ4n) is 2.46. The van der Waals surface area contributed by atoms with Crippen LogP contribution in [0.3, 0.4) is 0 Å². The van der Waals surface area contributed by atoms with Gasteiger partial charge >= 0.3 is 11.9 Å². The van der Waals surface area contributed by atoms with E-state index in [4.69, 9.17) is 9.47 Å². The van der Waals surface area contributed by atoms with Crippen LogP contribution in [-0.4, -0.2) is 36.2 Å². The van der Waals surface area contributed by atoms with Crippen LogP contribution in [0, 0.1) is 0 Å². The predicted octanol–water partition coefficient (Wildman–Crippen LogP) is 5.14. The Balaban J connectivity index is 3.72. The van der Waals surface area contributed by atoms with Gasteiger partial charge in [0.05, 0.1) is 13.2 Å². The van der Waals surface area contributed by atoms with Gasteiger partial charge in [-0.2, -0.15) is 0 Å². The lowest BCUT2D eigenvalue weighted by Gasteiger charge is -2.13. The maximum atomic E-state index is 11.8. The summed E-state index contributed by atoms with van der Waals surface area (Å²) in [7, 11) is 0. The molecule has 0 heterocycles. The zero-order valence-electron chi connectivity index (χ0n) is 15.8. The quantitative estimate of drug-likeness (QED) is 0.217. The molecule has 0 aliphatic rings. The van der Waals surface area contributed by atoms with E-state index < -0.39 is 17.2 Å².